The predicted octanol–water partition coefficient (Wildman–Crippen LogP) is 3.15. The number of benzene rings is 1. The number of aromatic nitrogens is 2. The Bertz CT molecular complexity index is 1070. The van der Waals surface area contributed by atoms with Gasteiger partial charge in [-0.05, 0) is 23.4 Å². The number of methoxy groups -OCH3 is 1. The van der Waals surface area contributed by atoms with Crippen LogP contribution >= 0.6 is 11.3 Å². The Hall–Kier alpha value is -3.00. The summed E-state index contributed by atoms with van der Waals surface area (Å²) in [6.07, 6.45) is 0. The van der Waals surface area contributed by atoms with E-state index in [0.29, 0.717) is 27.9 Å². The second-order valence-electron chi connectivity index (χ2n) is 6.38. The number of nitrogens with zero attached hydrogens (tertiary/aromatic N) is 2. The lowest BCUT2D eigenvalue weighted by atomic mass is 10.1. The van der Waals surface area contributed by atoms with Crippen molar-refractivity contribution in [3.63, 3.8) is 0 Å². The van der Waals surface area contributed by atoms with Crippen LogP contribution in [0.1, 0.15) is 34.0 Å². The van der Waals surface area contributed by atoms with E-state index >= 15 is 0 Å². The molecule has 2 heterocycles. The lowest BCUT2D eigenvalue weighted by Crippen LogP contribution is -2.29. The second-order valence-corrected chi connectivity index (χ2v) is 7.30. The molecule has 0 aliphatic rings. The monoisotopic (exact) mass is 385 g/mol. The third kappa shape index (κ3) is 3.75. The molecular formula is C19H19N3O4S. The molecule has 27 heavy (non-hydrogen) atoms. The number of ether oxygens (including phenoxy) is 1. The molecule has 0 aliphatic carbocycles. The molecule has 0 unspecified atom stereocenters. The van der Waals surface area contributed by atoms with E-state index in [1.165, 1.54) is 23.1 Å². The summed E-state index contributed by atoms with van der Waals surface area (Å²) < 4.78 is 6.05. The van der Waals surface area contributed by atoms with Gasteiger partial charge in [0.05, 0.1) is 18.2 Å². The molecule has 0 fully saturated rings. The molecule has 3 aromatic rings. The van der Waals surface area contributed by atoms with Gasteiger partial charge in [-0.2, -0.15) is 5.10 Å². The van der Waals surface area contributed by atoms with Crippen LogP contribution in [0, 0.1) is 5.92 Å². The van der Waals surface area contributed by atoms with E-state index in [0.717, 1.165) is 0 Å². The first-order valence-electron chi connectivity index (χ1n) is 8.39. The van der Waals surface area contributed by atoms with Crippen molar-refractivity contribution < 1.29 is 14.3 Å². The molecule has 1 aromatic carbocycles. The van der Waals surface area contributed by atoms with Gasteiger partial charge in [0.1, 0.15) is 4.88 Å². The maximum Gasteiger partial charge on any atom is 0.350 e. The fourth-order valence-corrected chi connectivity index (χ4v) is 3.48. The molecule has 1 amide bonds. The first kappa shape index (κ1) is 18.8. The zero-order valence-electron chi connectivity index (χ0n) is 15.2. The fraction of sp³-hybridized carbons (Fsp3) is 0.263. The summed E-state index contributed by atoms with van der Waals surface area (Å²) in [5, 5.41) is 9.58. The lowest BCUT2D eigenvalue weighted by molar-refractivity contribution is 0.0607. The Morgan fingerprint density at radius 1 is 1.22 bits per heavy atom. The highest BCUT2D eigenvalue weighted by Crippen LogP contribution is 2.24. The van der Waals surface area contributed by atoms with Gasteiger partial charge in [0.25, 0.3) is 11.5 Å². The SMILES string of the molecule is COC(=O)c1sccc1NC(=O)c1nn(CC(C)C)c(=O)c2ccccc12. The van der Waals surface area contributed by atoms with Gasteiger partial charge in [0, 0.05) is 11.9 Å². The normalized spacial score (nSPS) is 11.0. The van der Waals surface area contributed by atoms with Crippen LogP contribution in [0.2, 0.25) is 0 Å². The summed E-state index contributed by atoms with van der Waals surface area (Å²) in [5.41, 5.74) is 0.249. The minimum Gasteiger partial charge on any atom is -0.465 e. The molecule has 8 heteroatoms. The third-order valence-corrected chi connectivity index (χ3v) is 4.80. The minimum absolute atomic E-state index is 0.132. The van der Waals surface area contributed by atoms with E-state index in [9.17, 15) is 14.4 Å². The Kier molecular flexibility index (Phi) is 5.36. The van der Waals surface area contributed by atoms with E-state index < -0.39 is 11.9 Å². The Morgan fingerprint density at radius 3 is 2.59 bits per heavy atom. The molecule has 0 aliphatic heterocycles. The topological polar surface area (TPSA) is 90.3 Å². The number of thiophene rings is 1. The quantitative estimate of drug-likeness (QED) is 0.682. The molecule has 1 N–H and O–H groups in total. The van der Waals surface area contributed by atoms with Crippen LogP contribution < -0.4 is 10.9 Å². The number of amides is 1. The number of rotatable bonds is 5. The van der Waals surface area contributed by atoms with Crippen molar-refractivity contribution >= 4 is 39.7 Å². The van der Waals surface area contributed by atoms with Crippen molar-refractivity contribution in [1.82, 2.24) is 9.78 Å². The summed E-state index contributed by atoms with van der Waals surface area (Å²) in [7, 11) is 1.28. The highest BCUT2D eigenvalue weighted by atomic mass is 32.1. The number of anilines is 1. The number of esters is 1. The van der Waals surface area contributed by atoms with Gasteiger partial charge in [0.2, 0.25) is 0 Å². The van der Waals surface area contributed by atoms with Crippen molar-refractivity contribution in [2.75, 3.05) is 12.4 Å². The summed E-state index contributed by atoms with van der Waals surface area (Å²) in [4.78, 5) is 37.7. The van der Waals surface area contributed by atoms with Crippen LogP contribution in [0.15, 0.2) is 40.5 Å². The standard InChI is InChI=1S/C19H19N3O4S/c1-11(2)10-22-18(24)13-7-5-4-6-12(13)15(21-22)17(23)20-14-8-9-27-16(14)19(25)26-3/h4-9,11H,10H2,1-3H3,(H,20,23). The van der Waals surface area contributed by atoms with Gasteiger partial charge in [-0.25, -0.2) is 9.48 Å². The number of hydrogen-bond acceptors (Lipinski definition) is 6. The van der Waals surface area contributed by atoms with Crippen molar-refractivity contribution in [2.24, 2.45) is 5.92 Å². The Balaban J connectivity index is 2.07. The molecule has 0 radical (unpaired) electrons. The molecule has 0 spiro atoms. The zero-order valence-corrected chi connectivity index (χ0v) is 16.0. The van der Waals surface area contributed by atoms with Crippen LogP contribution in [0.25, 0.3) is 10.8 Å². The predicted molar refractivity (Wildman–Crippen MR) is 104 cm³/mol. The van der Waals surface area contributed by atoms with E-state index in [1.54, 1.807) is 35.7 Å². The van der Waals surface area contributed by atoms with Gasteiger partial charge in [-0.3, -0.25) is 9.59 Å². The molecular weight excluding hydrogens is 366 g/mol. The van der Waals surface area contributed by atoms with Crippen molar-refractivity contribution in [3.05, 3.63) is 56.6 Å². The highest BCUT2D eigenvalue weighted by Gasteiger charge is 2.20. The van der Waals surface area contributed by atoms with Crippen LogP contribution in [0.3, 0.4) is 0 Å². The summed E-state index contributed by atoms with van der Waals surface area (Å²) >= 11 is 1.17. The van der Waals surface area contributed by atoms with Gasteiger partial charge < -0.3 is 10.1 Å². The molecule has 0 atom stereocenters. The number of fused-ring (bicyclic) bond motifs is 1. The van der Waals surface area contributed by atoms with Crippen molar-refractivity contribution in [3.8, 4) is 0 Å². The summed E-state index contributed by atoms with van der Waals surface area (Å²) in [6.45, 7) is 4.34. The molecule has 0 saturated carbocycles. The minimum atomic E-state index is -0.525. The van der Waals surface area contributed by atoms with E-state index in [4.69, 9.17) is 4.74 Å². The van der Waals surface area contributed by atoms with Crippen LogP contribution in [-0.2, 0) is 11.3 Å². The second kappa shape index (κ2) is 7.71. The van der Waals surface area contributed by atoms with Crippen LogP contribution in [0.4, 0.5) is 5.69 Å². The van der Waals surface area contributed by atoms with Crippen molar-refractivity contribution in [2.45, 2.75) is 20.4 Å². The zero-order chi connectivity index (χ0) is 19.6. The van der Waals surface area contributed by atoms with E-state index in [1.807, 2.05) is 13.8 Å². The van der Waals surface area contributed by atoms with E-state index in [-0.39, 0.29) is 17.2 Å². The molecule has 2 aromatic heterocycles. The van der Waals surface area contributed by atoms with E-state index in [2.05, 4.69) is 10.4 Å². The Labute approximate surface area is 159 Å². The number of carbonyl (C=O) groups is 2. The molecule has 3 rings (SSSR count). The molecule has 7 nitrogen and oxygen atoms in total. The van der Waals surface area contributed by atoms with Gasteiger partial charge in [0.15, 0.2) is 5.69 Å². The largest absolute Gasteiger partial charge is 0.465 e. The fourth-order valence-electron chi connectivity index (χ4n) is 2.71. The van der Waals surface area contributed by atoms with Gasteiger partial charge in [-0.15, -0.1) is 11.3 Å². The van der Waals surface area contributed by atoms with Gasteiger partial charge >= 0.3 is 5.97 Å². The average molecular weight is 385 g/mol. The van der Waals surface area contributed by atoms with Gasteiger partial charge in [-0.1, -0.05) is 32.0 Å². The maximum atomic E-state index is 12.9. The number of hydrogen-bond donors (Lipinski definition) is 1. The van der Waals surface area contributed by atoms with Crippen molar-refractivity contribution in [1.29, 1.82) is 0 Å². The number of nitrogens with one attached hydrogen (secondary N) is 1. The van der Waals surface area contributed by atoms with Crippen LogP contribution in [-0.4, -0.2) is 28.8 Å². The first-order valence-corrected chi connectivity index (χ1v) is 9.27. The summed E-state index contributed by atoms with van der Waals surface area (Å²) in [6, 6.07) is 8.49. The Morgan fingerprint density at radius 2 is 1.93 bits per heavy atom. The first-order chi connectivity index (χ1) is 12.9. The summed E-state index contributed by atoms with van der Waals surface area (Å²) in [5.74, 6) is -0.828. The van der Waals surface area contributed by atoms with Crippen LogP contribution in [0.5, 0.6) is 0 Å². The molecule has 0 bridgehead atoms. The maximum absolute atomic E-state index is 12.9. The lowest BCUT2D eigenvalue weighted by Gasteiger charge is -2.12. The average Bonchev–Trinajstić information content (AvgIpc) is 3.11. The highest BCUT2D eigenvalue weighted by molar-refractivity contribution is 7.12. The number of carbonyl (C=O) groups excluding carboxylic acids is 2. The molecule has 0 saturated heterocycles. The molecule has 140 valence electrons. The smallest absolute Gasteiger partial charge is 0.350 e. The third-order valence-electron chi connectivity index (χ3n) is 3.91.